The highest BCUT2D eigenvalue weighted by molar-refractivity contribution is 5.81. The van der Waals surface area contributed by atoms with Crippen LogP contribution in [0.5, 0.6) is 0 Å². The highest BCUT2D eigenvalue weighted by Crippen LogP contribution is 2.44. The molecule has 0 radical (unpaired) electrons. The summed E-state index contributed by atoms with van der Waals surface area (Å²) in [7, 11) is 0. The van der Waals surface area contributed by atoms with Gasteiger partial charge in [-0.3, -0.25) is 19.5 Å². The Kier molecular flexibility index (Phi) is 4.23. The van der Waals surface area contributed by atoms with E-state index in [1.54, 1.807) is 6.20 Å². The van der Waals surface area contributed by atoms with Crippen molar-refractivity contribution in [3.63, 3.8) is 0 Å². The van der Waals surface area contributed by atoms with Crippen LogP contribution in [0.4, 0.5) is 0 Å². The van der Waals surface area contributed by atoms with E-state index in [2.05, 4.69) is 9.88 Å². The minimum absolute atomic E-state index is 0.0260. The summed E-state index contributed by atoms with van der Waals surface area (Å²) in [5.74, 6) is -0.165. The predicted octanol–water partition coefficient (Wildman–Crippen LogP) is 1.76. The van der Waals surface area contributed by atoms with Gasteiger partial charge in [0.1, 0.15) is 6.04 Å². The Morgan fingerprint density at radius 3 is 2.60 bits per heavy atom. The molecule has 1 aromatic heterocycles. The minimum atomic E-state index is -0.746. The number of carbonyl (C=O) groups is 2. The van der Waals surface area contributed by atoms with Crippen molar-refractivity contribution in [1.29, 1.82) is 0 Å². The number of carbonyl (C=O) groups excluding carboxylic acids is 1. The molecule has 1 amide bonds. The third-order valence-electron chi connectivity index (χ3n) is 6.04. The maximum absolute atomic E-state index is 12.3. The summed E-state index contributed by atoms with van der Waals surface area (Å²) in [5.41, 5.74) is 0.935. The van der Waals surface area contributed by atoms with Crippen LogP contribution in [-0.4, -0.2) is 57.4 Å². The summed E-state index contributed by atoms with van der Waals surface area (Å²) in [6.45, 7) is 2.91. The molecule has 6 heteroatoms. The number of piperidine rings is 1. The molecular formula is C19H25N3O3. The van der Waals surface area contributed by atoms with Gasteiger partial charge in [-0.15, -0.1) is 0 Å². The highest BCUT2D eigenvalue weighted by atomic mass is 16.4. The third kappa shape index (κ3) is 3.40. The van der Waals surface area contributed by atoms with Crippen molar-refractivity contribution in [3.8, 4) is 0 Å². The number of carboxylic acids is 1. The van der Waals surface area contributed by atoms with Gasteiger partial charge >= 0.3 is 5.97 Å². The van der Waals surface area contributed by atoms with Gasteiger partial charge in [0.25, 0.3) is 0 Å². The van der Waals surface area contributed by atoms with Crippen LogP contribution in [0.3, 0.4) is 0 Å². The van der Waals surface area contributed by atoms with E-state index in [1.165, 1.54) is 0 Å². The number of aromatic nitrogens is 1. The van der Waals surface area contributed by atoms with Gasteiger partial charge in [-0.1, -0.05) is 6.07 Å². The van der Waals surface area contributed by atoms with E-state index in [9.17, 15) is 14.7 Å². The normalized spacial score (nSPS) is 26.1. The van der Waals surface area contributed by atoms with Gasteiger partial charge in [-0.2, -0.15) is 0 Å². The summed E-state index contributed by atoms with van der Waals surface area (Å²) in [6.07, 6.45) is 6.33. The fourth-order valence-electron chi connectivity index (χ4n) is 4.41. The lowest BCUT2D eigenvalue weighted by molar-refractivity contribution is -0.142. The molecule has 3 heterocycles. The predicted molar refractivity (Wildman–Crippen MR) is 91.7 cm³/mol. The zero-order valence-electron chi connectivity index (χ0n) is 14.4. The van der Waals surface area contributed by atoms with Gasteiger partial charge in [0.2, 0.25) is 5.91 Å². The molecule has 3 aliphatic rings. The second-order valence-electron chi connectivity index (χ2n) is 7.88. The van der Waals surface area contributed by atoms with Crippen LogP contribution in [0.2, 0.25) is 0 Å². The van der Waals surface area contributed by atoms with Crippen LogP contribution < -0.4 is 0 Å². The monoisotopic (exact) mass is 343 g/mol. The number of carboxylic acid groups (broad SMARTS) is 1. The fraction of sp³-hybridized carbons (Fsp3) is 0.632. The quantitative estimate of drug-likeness (QED) is 0.902. The van der Waals surface area contributed by atoms with Crippen molar-refractivity contribution in [3.05, 3.63) is 30.1 Å². The van der Waals surface area contributed by atoms with Gasteiger partial charge in [0.15, 0.2) is 0 Å². The number of hydrogen-bond donors (Lipinski definition) is 1. The lowest BCUT2D eigenvalue weighted by Gasteiger charge is -2.39. The second-order valence-corrected chi connectivity index (χ2v) is 7.88. The van der Waals surface area contributed by atoms with Crippen molar-refractivity contribution in [2.24, 2.45) is 11.3 Å². The van der Waals surface area contributed by atoms with Crippen molar-refractivity contribution >= 4 is 11.9 Å². The molecule has 134 valence electrons. The SMILES string of the molecule is O=C(O)[C@H]1CC2(CCN(C(=O)C3CC3)CC2)CN1Cc1ccccn1. The number of pyridine rings is 1. The average Bonchev–Trinajstić information content (AvgIpc) is 3.40. The number of amides is 1. The Bertz CT molecular complexity index is 651. The first-order chi connectivity index (χ1) is 12.1. The average molecular weight is 343 g/mol. The van der Waals surface area contributed by atoms with Crippen LogP contribution >= 0.6 is 0 Å². The second kappa shape index (κ2) is 6.41. The zero-order valence-corrected chi connectivity index (χ0v) is 14.4. The Hall–Kier alpha value is -1.95. The van der Waals surface area contributed by atoms with Crippen molar-refractivity contribution < 1.29 is 14.7 Å². The number of likely N-dealkylation sites (tertiary alicyclic amines) is 2. The molecule has 1 aromatic rings. The first-order valence-corrected chi connectivity index (χ1v) is 9.22. The Morgan fingerprint density at radius 1 is 1.24 bits per heavy atom. The molecule has 25 heavy (non-hydrogen) atoms. The van der Waals surface area contributed by atoms with Gasteiger partial charge in [0.05, 0.1) is 5.69 Å². The molecule has 1 N–H and O–H groups in total. The van der Waals surface area contributed by atoms with E-state index in [0.717, 1.165) is 51.0 Å². The molecule has 4 rings (SSSR count). The fourth-order valence-corrected chi connectivity index (χ4v) is 4.41. The van der Waals surface area contributed by atoms with Gasteiger partial charge in [-0.25, -0.2) is 0 Å². The number of rotatable bonds is 4. The van der Waals surface area contributed by atoms with Crippen molar-refractivity contribution in [1.82, 2.24) is 14.8 Å². The van der Waals surface area contributed by atoms with Crippen molar-refractivity contribution in [2.45, 2.75) is 44.7 Å². The van der Waals surface area contributed by atoms with Gasteiger partial charge in [-0.05, 0) is 49.7 Å². The highest BCUT2D eigenvalue weighted by Gasteiger charge is 2.49. The van der Waals surface area contributed by atoms with Crippen LogP contribution in [0, 0.1) is 11.3 Å². The molecule has 2 saturated heterocycles. The van der Waals surface area contributed by atoms with Crippen molar-refractivity contribution in [2.75, 3.05) is 19.6 Å². The maximum atomic E-state index is 12.3. The molecule has 1 aliphatic carbocycles. The number of hydrogen-bond acceptors (Lipinski definition) is 4. The minimum Gasteiger partial charge on any atom is -0.480 e. The van der Waals surface area contributed by atoms with E-state index in [4.69, 9.17) is 0 Å². The van der Waals surface area contributed by atoms with Gasteiger partial charge in [0, 0.05) is 38.3 Å². The molecule has 1 spiro atoms. The molecule has 6 nitrogen and oxygen atoms in total. The topological polar surface area (TPSA) is 73.7 Å². The van der Waals surface area contributed by atoms with Crippen LogP contribution in [0.1, 0.15) is 37.8 Å². The lowest BCUT2D eigenvalue weighted by Crippen LogP contribution is -2.44. The van der Waals surface area contributed by atoms with E-state index < -0.39 is 12.0 Å². The number of nitrogens with zero attached hydrogens (tertiary/aromatic N) is 3. The van der Waals surface area contributed by atoms with Crippen LogP contribution in [-0.2, 0) is 16.1 Å². The number of aliphatic carboxylic acids is 1. The van der Waals surface area contributed by atoms with E-state index in [1.807, 2.05) is 23.1 Å². The Morgan fingerprint density at radius 2 is 2.00 bits per heavy atom. The summed E-state index contributed by atoms with van der Waals surface area (Å²) >= 11 is 0. The molecular weight excluding hydrogens is 318 g/mol. The standard InChI is InChI=1S/C19H25N3O3/c23-17(14-4-5-14)21-9-6-19(7-10-21)11-16(18(24)25)22(13-19)12-15-3-1-2-8-20-15/h1-3,8,14,16H,4-7,9-13H2,(H,24,25)/t16-/m1/s1. The Labute approximate surface area is 147 Å². The van der Waals surface area contributed by atoms with Crippen LogP contribution in [0.15, 0.2) is 24.4 Å². The van der Waals surface area contributed by atoms with E-state index in [-0.39, 0.29) is 11.3 Å². The van der Waals surface area contributed by atoms with E-state index in [0.29, 0.717) is 18.9 Å². The summed E-state index contributed by atoms with van der Waals surface area (Å²) in [5, 5.41) is 9.67. The maximum Gasteiger partial charge on any atom is 0.320 e. The first-order valence-electron chi connectivity index (χ1n) is 9.22. The summed E-state index contributed by atoms with van der Waals surface area (Å²) in [6, 6.07) is 5.30. The lowest BCUT2D eigenvalue weighted by atomic mass is 9.76. The van der Waals surface area contributed by atoms with Gasteiger partial charge < -0.3 is 10.0 Å². The molecule has 1 saturated carbocycles. The molecule has 0 bridgehead atoms. The largest absolute Gasteiger partial charge is 0.480 e. The smallest absolute Gasteiger partial charge is 0.320 e. The molecule has 1 atom stereocenters. The third-order valence-corrected chi connectivity index (χ3v) is 6.04. The molecule has 0 unspecified atom stereocenters. The first kappa shape index (κ1) is 16.5. The molecule has 2 aliphatic heterocycles. The summed E-state index contributed by atoms with van der Waals surface area (Å²) < 4.78 is 0. The zero-order chi connectivity index (χ0) is 17.4. The summed E-state index contributed by atoms with van der Waals surface area (Å²) in [4.78, 5) is 32.4. The van der Waals surface area contributed by atoms with E-state index >= 15 is 0 Å². The Balaban J connectivity index is 1.43. The molecule has 0 aromatic carbocycles. The molecule has 3 fully saturated rings. The van der Waals surface area contributed by atoms with Crippen LogP contribution in [0.25, 0.3) is 0 Å².